The molecule has 2 N–H and O–H groups in total. The zero-order valence-electron chi connectivity index (χ0n) is 32.8. The summed E-state index contributed by atoms with van der Waals surface area (Å²) in [5.74, 6) is -1.15. The van der Waals surface area contributed by atoms with Crippen LogP contribution in [0.2, 0.25) is 10.0 Å². The van der Waals surface area contributed by atoms with Gasteiger partial charge in [-0.15, -0.1) is 0 Å². The number of amides is 2. The zero-order valence-corrected chi connectivity index (χ0v) is 35.9. The smallest absolute Gasteiger partial charge is 0.335 e. The van der Waals surface area contributed by atoms with Crippen molar-refractivity contribution in [3.05, 3.63) is 193 Å². The summed E-state index contributed by atoms with van der Waals surface area (Å²) in [6.07, 6.45) is 2.54. The number of ether oxygens (including phenoxy) is 2. The lowest BCUT2D eigenvalue weighted by molar-refractivity contribution is 0.0939. The molecule has 0 radical (unpaired) electrons. The van der Waals surface area contributed by atoms with Crippen LogP contribution in [0.3, 0.4) is 0 Å². The van der Waals surface area contributed by atoms with Crippen molar-refractivity contribution in [2.75, 3.05) is 27.4 Å². The monoisotopic (exact) mass is 918 g/mol. The van der Waals surface area contributed by atoms with Gasteiger partial charge in [0.2, 0.25) is 0 Å². The molecule has 0 unspecified atom stereocenters. The zero-order chi connectivity index (χ0) is 43.3. The maximum atomic E-state index is 13.0. The molecule has 6 aromatic rings. The minimum Gasteiger partial charge on any atom is -0.383 e. The number of carbonyl (C=O) groups excluding carboxylic acids is 2. The van der Waals surface area contributed by atoms with Crippen LogP contribution in [0.15, 0.2) is 133 Å². The molecule has 2 amide bonds. The third-order valence-corrected chi connectivity index (χ3v) is 9.88. The summed E-state index contributed by atoms with van der Waals surface area (Å²) in [5.41, 5.74) is 0.565. The van der Waals surface area contributed by atoms with E-state index in [4.69, 9.17) is 32.7 Å². The number of methoxy groups -OCH3 is 2. The Kier molecular flexibility index (Phi) is 16.2. The number of hydrogen-bond acceptors (Lipinski definition) is 8. The predicted octanol–water partition coefficient (Wildman–Crippen LogP) is 5.53. The maximum Gasteiger partial charge on any atom is 0.335 e. The largest absolute Gasteiger partial charge is 0.383 e. The molecule has 4 aromatic carbocycles. The Hall–Kier alpha value is -5.84. The lowest BCUT2D eigenvalue weighted by Crippen LogP contribution is -2.43. The van der Waals surface area contributed by atoms with Crippen LogP contribution in [0.5, 0.6) is 0 Å². The molecule has 60 heavy (non-hydrogen) atoms. The molecule has 14 nitrogen and oxygen atoms in total. The average molecular weight is 921 g/mol. The molecule has 2 aromatic heterocycles. The lowest BCUT2D eigenvalue weighted by Gasteiger charge is -2.13. The number of hydrogen-bond donors (Lipinski definition) is 2. The highest BCUT2D eigenvalue weighted by atomic mass is 79.9. The molecule has 17 heteroatoms. The Morgan fingerprint density at radius 2 is 1.07 bits per heavy atom. The average Bonchev–Trinajstić information content (AvgIpc) is 3.22. The van der Waals surface area contributed by atoms with Crippen molar-refractivity contribution in [3.8, 4) is 11.4 Å². The molecule has 312 valence electrons. The first kappa shape index (κ1) is 45.2. The van der Waals surface area contributed by atoms with Gasteiger partial charge in [0.25, 0.3) is 22.9 Å². The number of aryl methyl sites for hydroxylation is 1. The number of rotatable bonds is 14. The molecule has 0 spiro atoms. The molecule has 0 fully saturated rings. The standard InChI is InChI=1S/C22H22ClN3O4.C21H19BrClN3O4/c1-15-6-8-16(9-7-15)13-24-20(27)19-14-25(10-11-30-2)22(29)26(21(19)28)18-5-3-4-17(23)12-18;1-30-9-8-25-13-18(19(27)24-12-14-4-2-5-15(22)10-14)20(28)26(21(25)29)17-7-3-6-16(23)11-17/h3-9,12,14H,10-11,13H2,1-2H3,(H,24,27);2-7,10-11,13H,8-9,12H2,1H3,(H,24,27). The van der Waals surface area contributed by atoms with E-state index in [1.807, 2.05) is 55.5 Å². The lowest BCUT2D eigenvalue weighted by atomic mass is 10.1. The topological polar surface area (TPSA) is 165 Å². The molecule has 0 aliphatic rings. The van der Waals surface area contributed by atoms with Crippen LogP contribution >= 0.6 is 39.1 Å². The molecule has 0 aliphatic heterocycles. The van der Waals surface area contributed by atoms with E-state index in [1.54, 1.807) is 36.4 Å². The Morgan fingerprint density at radius 3 is 1.50 bits per heavy atom. The highest BCUT2D eigenvalue weighted by Gasteiger charge is 2.20. The van der Waals surface area contributed by atoms with Crippen LogP contribution in [0.4, 0.5) is 0 Å². The van der Waals surface area contributed by atoms with Gasteiger partial charge in [-0.2, -0.15) is 0 Å². The molecule has 2 heterocycles. The Morgan fingerprint density at radius 1 is 0.617 bits per heavy atom. The van der Waals surface area contributed by atoms with E-state index in [0.29, 0.717) is 10.0 Å². The fraction of sp³-hybridized carbons (Fsp3) is 0.209. The minimum absolute atomic E-state index is 0.141. The van der Waals surface area contributed by atoms with Gasteiger partial charge in [-0.1, -0.05) is 93.2 Å². The number of nitrogens with zero attached hydrogens (tertiary/aromatic N) is 4. The van der Waals surface area contributed by atoms with E-state index in [-0.39, 0.29) is 61.9 Å². The van der Waals surface area contributed by atoms with Crippen molar-refractivity contribution in [2.24, 2.45) is 0 Å². The highest BCUT2D eigenvalue weighted by Crippen LogP contribution is 2.15. The fourth-order valence-corrected chi connectivity index (χ4v) is 6.62. The Bertz CT molecular complexity index is 2730. The van der Waals surface area contributed by atoms with Crippen LogP contribution in [0.25, 0.3) is 11.4 Å². The minimum atomic E-state index is -0.720. The van der Waals surface area contributed by atoms with Crippen LogP contribution < -0.4 is 33.1 Å². The fourth-order valence-electron chi connectivity index (χ4n) is 5.81. The number of benzene rings is 4. The van der Waals surface area contributed by atoms with E-state index in [0.717, 1.165) is 30.3 Å². The summed E-state index contributed by atoms with van der Waals surface area (Å²) in [4.78, 5) is 77.5. The quantitative estimate of drug-likeness (QED) is 0.144. The third-order valence-electron chi connectivity index (χ3n) is 8.92. The second-order valence-electron chi connectivity index (χ2n) is 13.2. The molecule has 0 atom stereocenters. The van der Waals surface area contributed by atoms with Crippen molar-refractivity contribution >= 4 is 50.9 Å². The van der Waals surface area contributed by atoms with E-state index in [9.17, 15) is 28.8 Å². The molecule has 0 saturated carbocycles. The van der Waals surface area contributed by atoms with Crippen molar-refractivity contribution in [3.63, 3.8) is 0 Å². The third kappa shape index (κ3) is 11.7. The van der Waals surface area contributed by atoms with Gasteiger partial charge in [0, 0.05) is 54.2 Å². The number of carbonyl (C=O) groups is 2. The summed E-state index contributed by atoms with van der Waals surface area (Å²) < 4.78 is 15.4. The van der Waals surface area contributed by atoms with Crippen LogP contribution in [0.1, 0.15) is 37.4 Å². The van der Waals surface area contributed by atoms with Gasteiger partial charge in [0.1, 0.15) is 11.1 Å². The van der Waals surface area contributed by atoms with Crippen molar-refractivity contribution in [1.29, 1.82) is 0 Å². The molecular weight excluding hydrogens is 879 g/mol. The van der Waals surface area contributed by atoms with Gasteiger partial charge in [0.15, 0.2) is 0 Å². The number of nitrogens with one attached hydrogen (secondary N) is 2. The summed E-state index contributed by atoms with van der Waals surface area (Å²) in [6.45, 7) is 3.32. The van der Waals surface area contributed by atoms with E-state index in [1.165, 1.54) is 47.9 Å². The van der Waals surface area contributed by atoms with Crippen LogP contribution in [-0.2, 0) is 35.7 Å². The van der Waals surface area contributed by atoms with Gasteiger partial charge in [-0.3, -0.25) is 28.3 Å². The first-order valence-electron chi connectivity index (χ1n) is 18.4. The van der Waals surface area contributed by atoms with E-state index >= 15 is 0 Å². The van der Waals surface area contributed by atoms with Crippen molar-refractivity contribution in [2.45, 2.75) is 33.1 Å². The number of halogens is 3. The normalized spacial score (nSPS) is 10.8. The second kappa shape index (κ2) is 21.4. The molecule has 0 saturated heterocycles. The predicted molar refractivity (Wildman–Crippen MR) is 234 cm³/mol. The van der Waals surface area contributed by atoms with E-state index < -0.39 is 34.3 Å². The van der Waals surface area contributed by atoms with Crippen molar-refractivity contribution in [1.82, 2.24) is 28.9 Å². The SMILES string of the molecule is COCCn1cc(C(=O)NCc2ccc(C)cc2)c(=O)n(-c2cccc(Cl)c2)c1=O.COCCn1cc(C(=O)NCc2cccc(Br)c2)c(=O)n(-c2cccc(Cl)c2)c1=O. The molecular formula is C43H41BrCl2N6O8. The highest BCUT2D eigenvalue weighted by molar-refractivity contribution is 9.10. The van der Waals surface area contributed by atoms with Gasteiger partial charge >= 0.3 is 11.4 Å². The van der Waals surface area contributed by atoms with Gasteiger partial charge in [-0.25, -0.2) is 18.7 Å². The molecule has 6 rings (SSSR count). The number of aromatic nitrogens is 4. The molecule has 0 aliphatic carbocycles. The summed E-state index contributed by atoms with van der Waals surface area (Å²) >= 11 is 15.4. The van der Waals surface area contributed by atoms with Gasteiger partial charge in [0.05, 0.1) is 37.7 Å². The van der Waals surface area contributed by atoms with E-state index in [2.05, 4.69) is 26.6 Å². The van der Waals surface area contributed by atoms with Crippen molar-refractivity contribution < 1.29 is 19.1 Å². The van der Waals surface area contributed by atoms with Crippen LogP contribution in [-0.4, -0.2) is 57.5 Å². The summed E-state index contributed by atoms with van der Waals surface area (Å²) in [5, 5.41) is 6.21. The van der Waals surface area contributed by atoms with Crippen LogP contribution in [0, 0.1) is 6.92 Å². The molecule has 0 bridgehead atoms. The first-order valence-corrected chi connectivity index (χ1v) is 19.9. The van der Waals surface area contributed by atoms with Gasteiger partial charge < -0.3 is 20.1 Å². The summed E-state index contributed by atoms with van der Waals surface area (Å²) in [7, 11) is 3.01. The van der Waals surface area contributed by atoms with Gasteiger partial charge in [-0.05, 0) is 66.6 Å². The Balaban J connectivity index is 0.000000228. The maximum absolute atomic E-state index is 13.0. The first-order chi connectivity index (χ1) is 28.8. The Labute approximate surface area is 362 Å². The second-order valence-corrected chi connectivity index (χ2v) is 15.0. The summed E-state index contributed by atoms with van der Waals surface area (Å²) in [6, 6.07) is 27.8.